The molecule has 0 saturated carbocycles. The fourth-order valence-corrected chi connectivity index (χ4v) is 2.56. The number of rotatable bonds is 4. The van der Waals surface area contributed by atoms with Gasteiger partial charge in [0, 0.05) is 16.0 Å². The smallest absolute Gasteiger partial charge is 0.408 e. The van der Waals surface area contributed by atoms with Crippen LogP contribution in [0.5, 0.6) is 0 Å². The van der Waals surface area contributed by atoms with Crippen molar-refractivity contribution < 1.29 is 14.8 Å². The van der Waals surface area contributed by atoms with E-state index in [0.717, 1.165) is 4.90 Å². The van der Waals surface area contributed by atoms with Crippen LogP contribution < -0.4 is 0 Å². The third kappa shape index (κ3) is 4.22. The van der Waals surface area contributed by atoms with Crippen LogP contribution in [0.4, 0.5) is 4.79 Å². The Morgan fingerprint density at radius 3 is 2.43 bits per heavy atom. The zero-order valence-electron chi connectivity index (χ0n) is 11.8. The summed E-state index contributed by atoms with van der Waals surface area (Å²) >= 11 is 12.0. The highest BCUT2D eigenvalue weighted by Crippen LogP contribution is 2.36. The molecule has 8 heteroatoms. The first-order chi connectivity index (χ1) is 9.55. The SMILES string of the molecule is CC(C)(C)N(C(=O)O)C(C[N+](=O)[O-])c1cccc(Cl)c1Cl. The maximum Gasteiger partial charge on any atom is 0.408 e. The fourth-order valence-electron chi connectivity index (χ4n) is 2.13. The van der Waals surface area contributed by atoms with Crippen LogP contribution in [-0.4, -0.2) is 33.1 Å². The summed E-state index contributed by atoms with van der Waals surface area (Å²) in [6.07, 6.45) is -1.26. The van der Waals surface area contributed by atoms with E-state index in [1.165, 1.54) is 0 Å². The molecule has 0 aromatic heterocycles. The highest BCUT2D eigenvalue weighted by molar-refractivity contribution is 6.42. The van der Waals surface area contributed by atoms with Gasteiger partial charge in [0.25, 0.3) is 0 Å². The zero-order valence-corrected chi connectivity index (χ0v) is 13.4. The van der Waals surface area contributed by atoms with E-state index in [0.29, 0.717) is 5.56 Å². The second-order valence-electron chi connectivity index (χ2n) is 5.50. The molecule has 0 aliphatic carbocycles. The number of hydrogen-bond donors (Lipinski definition) is 1. The van der Waals surface area contributed by atoms with Gasteiger partial charge in [0.15, 0.2) is 0 Å². The van der Waals surface area contributed by atoms with E-state index in [-0.39, 0.29) is 10.0 Å². The van der Waals surface area contributed by atoms with Gasteiger partial charge in [0.2, 0.25) is 6.54 Å². The Balaban J connectivity index is 3.43. The van der Waals surface area contributed by atoms with Gasteiger partial charge in [-0.3, -0.25) is 15.0 Å². The predicted octanol–water partition coefficient (Wildman–Crippen LogP) is 4.09. The van der Waals surface area contributed by atoms with Crippen molar-refractivity contribution >= 4 is 29.3 Å². The second-order valence-corrected chi connectivity index (χ2v) is 6.28. The molecule has 1 amide bonds. The van der Waals surface area contributed by atoms with E-state index in [2.05, 4.69) is 0 Å². The van der Waals surface area contributed by atoms with Crippen LogP contribution in [0.15, 0.2) is 18.2 Å². The predicted molar refractivity (Wildman–Crippen MR) is 80.7 cm³/mol. The molecule has 1 aromatic carbocycles. The molecule has 0 bridgehead atoms. The summed E-state index contributed by atoms with van der Waals surface area (Å²) in [6, 6.07) is 3.64. The van der Waals surface area contributed by atoms with E-state index < -0.39 is 29.1 Å². The summed E-state index contributed by atoms with van der Waals surface area (Å²) in [5.41, 5.74) is -0.517. The maximum atomic E-state index is 11.6. The van der Waals surface area contributed by atoms with Crippen molar-refractivity contribution in [3.05, 3.63) is 43.9 Å². The van der Waals surface area contributed by atoms with E-state index in [1.54, 1.807) is 39.0 Å². The first kappa shape index (κ1) is 17.5. The summed E-state index contributed by atoms with van der Waals surface area (Å²) in [5.74, 6) is 0. The second kappa shape index (κ2) is 6.49. The standard InChI is InChI=1S/C13H16Cl2N2O4/c1-13(2,3)17(12(18)19)10(7-16(20)21)8-5-4-6-9(14)11(8)15/h4-6,10H,7H2,1-3H3,(H,18,19). The Bertz CT molecular complexity index is 558. The molecule has 116 valence electrons. The van der Waals surface area contributed by atoms with Crippen molar-refractivity contribution in [2.24, 2.45) is 0 Å². The number of halogens is 2. The minimum absolute atomic E-state index is 0.126. The largest absolute Gasteiger partial charge is 0.465 e. The van der Waals surface area contributed by atoms with Gasteiger partial charge >= 0.3 is 6.09 Å². The molecule has 1 aromatic rings. The number of benzene rings is 1. The van der Waals surface area contributed by atoms with E-state index >= 15 is 0 Å². The molecule has 1 unspecified atom stereocenters. The van der Waals surface area contributed by atoms with Crippen LogP contribution in [-0.2, 0) is 0 Å². The van der Waals surface area contributed by atoms with Gasteiger partial charge < -0.3 is 5.11 Å². The third-order valence-corrected chi connectivity index (χ3v) is 3.74. The Hall–Kier alpha value is -1.53. The number of nitro groups is 1. The van der Waals surface area contributed by atoms with Gasteiger partial charge in [-0.05, 0) is 26.8 Å². The highest BCUT2D eigenvalue weighted by atomic mass is 35.5. The monoisotopic (exact) mass is 334 g/mol. The molecule has 0 radical (unpaired) electrons. The van der Waals surface area contributed by atoms with Crippen molar-refractivity contribution in [1.82, 2.24) is 4.90 Å². The molecule has 6 nitrogen and oxygen atoms in total. The zero-order chi connectivity index (χ0) is 16.4. The molecule has 0 heterocycles. The number of amides is 1. The lowest BCUT2D eigenvalue weighted by Crippen LogP contribution is -2.49. The van der Waals surface area contributed by atoms with Gasteiger partial charge in [-0.1, -0.05) is 35.3 Å². The van der Waals surface area contributed by atoms with Crippen molar-refractivity contribution in [3.63, 3.8) is 0 Å². The topological polar surface area (TPSA) is 83.7 Å². The Kier molecular flexibility index (Phi) is 5.42. The number of nitrogens with zero attached hydrogens (tertiary/aromatic N) is 2. The van der Waals surface area contributed by atoms with Crippen LogP contribution in [0, 0.1) is 10.1 Å². The first-order valence-corrected chi connectivity index (χ1v) is 6.89. The summed E-state index contributed by atoms with van der Waals surface area (Å²) in [5, 5.41) is 20.7. The minimum atomic E-state index is -1.26. The molecule has 0 spiro atoms. The van der Waals surface area contributed by atoms with Gasteiger partial charge in [0.1, 0.15) is 6.04 Å². The molecular weight excluding hydrogens is 319 g/mol. The highest BCUT2D eigenvalue weighted by Gasteiger charge is 2.38. The van der Waals surface area contributed by atoms with E-state index in [4.69, 9.17) is 23.2 Å². The number of carboxylic acid groups (broad SMARTS) is 1. The molecule has 0 fully saturated rings. The van der Waals surface area contributed by atoms with Gasteiger partial charge in [-0.15, -0.1) is 0 Å². The van der Waals surface area contributed by atoms with Crippen molar-refractivity contribution in [3.8, 4) is 0 Å². The molecule has 0 aliphatic rings. The van der Waals surface area contributed by atoms with Crippen molar-refractivity contribution in [2.75, 3.05) is 6.54 Å². The Morgan fingerprint density at radius 1 is 1.43 bits per heavy atom. The van der Waals surface area contributed by atoms with Gasteiger partial charge in [0.05, 0.1) is 10.0 Å². The summed E-state index contributed by atoms with van der Waals surface area (Å²) in [7, 11) is 0. The molecule has 0 aliphatic heterocycles. The molecule has 1 N–H and O–H groups in total. The molecule has 1 rings (SSSR count). The number of hydrogen-bond acceptors (Lipinski definition) is 3. The summed E-state index contributed by atoms with van der Waals surface area (Å²) < 4.78 is 0. The van der Waals surface area contributed by atoms with E-state index in [1.807, 2.05) is 0 Å². The van der Waals surface area contributed by atoms with Crippen LogP contribution in [0.3, 0.4) is 0 Å². The lowest BCUT2D eigenvalue weighted by molar-refractivity contribution is -0.488. The summed E-state index contributed by atoms with van der Waals surface area (Å²) in [4.78, 5) is 23.0. The van der Waals surface area contributed by atoms with Crippen LogP contribution >= 0.6 is 23.2 Å². The molecule has 0 saturated heterocycles. The quantitative estimate of drug-likeness (QED) is 0.663. The van der Waals surface area contributed by atoms with Gasteiger partial charge in [-0.25, -0.2) is 4.79 Å². The molecule has 21 heavy (non-hydrogen) atoms. The average molecular weight is 335 g/mol. The van der Waals surface area contributed by atoms with Crippen LogP contribution in [0.1, 0.15) is 32.4 Å². The lowest BCUT2D eigenvalue weighted by Gasteiger charge is -2.38. The summed E-state index contributed by atoms with van der Waals surface area (Å²) in [6.45, 7) is 4.38. The Labute approximate surface area is 132 Å². The molecular formula is C13H16Cl2N2O4. The lowest BCUT2D eigenvalue weighted by atomic mass is 9.98. The fraction of sp³-hybridized carbons (Fsp3) is 0.462. The third-order valence-electron chi connectivity index (χ3n) is 2.90. The van der Waals surface area contributed by atoms with Crippen LogP contribution in [0.25, 0.3) is 0 Å². The van der Waals surface area contributed by atoms with E-state index in [9.17, 15) is 20.0 Å². The minimum Gasteiger partial charge on any atom is -0.465 e. The average Bonchev–Trinajstić information content (AvgIpc) is 2.29. The van der Waals surface area contributed by atoms with Crippen molar-refractivity contribution in [1.29, 1.82) is 0 Å². The normalized spacial score (nSPS) is 12.8. The Morgan fingerprint density at radius 2 is 2.00 bits per heavy atom. The number of carbonyl (C=O) groups is 1. The first-order valence-electron chi connectivity index (χ1n) is 6.13. The maximum absolute atomic E-state index is 11.6. The van der Waals surface area contributed by atoms with Crippen molar-refractivity contribution in [2.45, 2.75) is 32.4 Å². The van der Waals surface area contributed by atoms with Crippen LogP contribution in [0.2, 0.25) is 10.0 Å². The van der Waals surface area contributed by atoms with Gasteiger partial charge in [-0.2, -0.15) is 0 Å². The molecule has 1 atom stereocenters.